The molecule has 1 atom stereocenters. The van der Waals surface area contributed by atoms with E-state index in [4.69, 9.17) is 4.74 Å². The van der Waals surface area contributed by atoms with Gasteiger partial charge in [-0.25, -0.2) is 0 Å². The normalized spacial score (nSPS) is 15.7. The molecule has 1 aliphatic rings. The summed E-state index contributed by atoms with van der Waals surface area (Å²) >= 11 is 2.93. The van der Waals surface area contributed by atoms with Crippen molar-refractivity contribution in [1.29, 1.82) is 0 Å². The van der Waals surface area contributed by atoms with Gasteiger partial charge in [0.25, 0.3) is 0 Å². The zero-order valence-corrected chi connectivity index (χ0v) is 16.0. The monoisotopic (exact) mass is 378 g/mol. The summed E-state index contributed by atoms with van der Waals surface area (Å²) in [4.78, 5) is 14.5. The average molecular weight is 379 g/mol. The van der Waals surface area contributed by atoms with E-state index in [-0.39, 0.29) is 11.2 Å². The van der Waals surface area contributed by atoms with Crippen molar-refractivity contribution < 1.29 is 9.53 Å². The molecule has 0 saturated carbocycles. The van der Waals surface area contributed by atoms with Gasteiger partial charge in [0.15, 0.2) is 4.34 Å². The summed E-state index contributed by atoms with van der Waals surface area (Å²) in [6.45, 7) is 3.70. The fourth-order valence-electron chi connectivity index (χ4n) is 2.68. The number of hydrogen-bond donors (Lipinski definition) is 1. The number of nitrogens with one attached hydrogen (secondary N) is 1. The van der Waals surface area contributed by atoms with E-state index in [1.807, 2.05) is 36.1 Å². The average Bonchev–Trinajstić information content (AvgIpc) is 3.09. The molecule has 1 aromatic heterocycles. The maximum absolute atomic E-state index is 12.5. The van der Waals surface area contributed by atoms with E-state index in [0.29, 0.717) is 5.13 Å². The van der Waals surface area contributed by atoms with Gasteiger partial charge >= 0.3 is 0 Å². The summed E-state index contributed by atoms with van der Waals surface area (Å²) in [5.41, 5.74) is 0.922. The molecular formula is C17H22N4O2S2. The fourth-order valence-corrected chi connectivity index (χ4v) is 4.68. The van der Waals surface area contributed by atoms with Crippen LogP contribution in [0.3, 0.4) is 0 Å². The van der Waals surface area contributed by atoms with Gasteiger partial charge in [0.05, 0.1) is 12.4 Å². The summed E-state index contributed by atoms with van der Waals surface area (Å²) in [7, 11) is 1.64. The topological polar surface area (TPSA) is 67.3 Å². The van der Waals surface area contributed by atoms with Crippen LogP contribution in [0.5, 0.6) is 5.75 Å². The Morgan fingerprint density at radius 2 is 1.96 bits per heavy atom. The second-order valence-electron chi connectivity index (χ2n) is 5.87. The number of aromatic nitrogens is 2. The number of carbonyl (C=O) groups is 1. The second-order valence-corrected chi connectivity index (χ2v) is 8.44. The third kappa shape index (κ3) is 4.85. The number of rotatable bonds is 6. The van der Waals surface area contributed by atoms with Gasteiger partial charge in [-0.2, -0.15) is 0 Å². The minimum atomic E-state index is -0.139. The first-order chi connectivity index (χ1) is 12.2. The Hall–Kier alpha value is -1.80. The van der Waals surface area contributed by atoms with Crippen molar-refractivity contribution in [2.24, 2.45) is 0 Å². The predicted molar refractivity (Wildman–Crippen MR) is 102 cm³/mol. The molecule has 1 N–H and O–H groups in total. The van der Waals surface area contributed by atoms with Gasteiger partial charge in [-0.3, -0.25) is 4.79 Å². The highest BCUT2D eigenvalue weighted by atomic mass is 32.2. The molecule has 3 rings (SSSR count). The van der Waals surface area contributed by atoms with Crippen LogP contribution < -0.4 is 10.1 Å². The molecule has 1 amide bonds. The number of hydrogen-bond acceptors (Lipinski definition) is 7. The van der Waals surface area contributed by atoms with Crippen LogP contribution in [-0.2, 0) is 4.79 Å². The lowest BCUT2D eigenvalue weighted by molar-refractivity contribution is -0.131. The molecular weight excluding hydrogens is 356 g/mol. The second kappa shape index (κ2) is 8.53. The molecule has 1 saturated heterocycles. The third-order valence-electron chi connectivity index (χ3n) is 4.04. The van der Waals surface area contributed by atoms with Gasteiger partial charge in [-0.1, -0.05) is 23.1 Å². The molecule has 1 aliphatic heterocycles. The highest BCUT2D eigenvalue weighted by Gasteiger charge is 2.24. The first-order valence-electron chi connectivity index (χ1n) is 8.36. The van der Waals surface area contributed by atoms with Crippen LogP contribution in [0.2, 0.25) is 0 Å². The molecule has 8 heteroatoms. The van der Waals surface area contributed by atoms with Crippen LogP contribution in [0.15, 0.2) is 28.6 Å². The Bertz CT molecular complexity index is 699. The minimum Gasteiger partial charge on any atom is -0.497 e. The largest absolute Gasteiger partial charge is 0.497 e. The lowest BCUT2D eigenvalue weighted by Gasteiger charge is -2.28. The van der Waals surface area contributed by atoms with Gasteiger partial charge < -0.3 is 15.0 Å². The smallest absolute Gasteiger partial charge is 0.235 e. The van der Waals surface area contributed by atoms with Gasteiger partial charge in [0, 0.05) is 18.8 Å². The Morgan fingerprint density at radius 1 is 1.24 bits per heavy atom. The van der Waals surface area contributed by atoms with E-state index in [0.717, 1.165) is 41.7 Å². The van der Waals surface area contributed by atoms with Crippen LogP contribution >= 0.6 is 23.1 Å². The number of piperidine rings is 1. The molecule has 0 spiro atoms. The molecule has 134 valence electrons. The van der Waals surface area contributed by atoms with E-state index in [9.17, 15) is 4.79 Å². The lowest BCUT2D eigenvalue weighted by Crippen LogP contribution is -2.40. The Balaban J connectivity index is 1.56. The van der Waals surface area contributed by atoms with Crippen LogP contribution in [0.1, 0.15) is 26.2 Å². The van der Waals surface area contributed by atoms with Gasteiger partial charge in [-0.05, 0) is 50.5 Å². The van der Waals surface area contributed by atoms with Crippen LogP contribution in [0.4, 0.5) is 10.8 Å². The number of amides is 1. The zero-order valence-electron chi connectivity index (χ0n) is 14.4. The van der Waals surface area contributed by atoms with E-state index >= 15 is 0 Å². The van der Waals surface area contributed by atoms with E-state index in [2.05, 4.69) is 15.5 Å². The Morgan fingerprint density at radius 3 is 2.64 bits per heavy atom. The minimum absolute atomic E-state index is 0.139. The highest BCUT2D eigenvalue weighted by Crippen LogP contribution is 2.31. The molecule has 6 nitrogen and oxygen atoms in total. The number of thioether (sulfide) groups is 1. The molecule has 2 heterocycles. The van der Waals surface area contributed by atoms with Crippen molar-refractivity contribution in [3.8, 4) is 5.75 Å². The third-order valence-corrected chi connectivity index (χ3v) is 6.05. The summed E-state index contributed by atoms with van der Waals surface area (Å²) in [5, 5.41) is 12.1. The summed E-state index contributed by atoms with van der Waals surface area (Å²) in [6.07, 6.45) is 3.44. The van der Waals surface area contributed by atoms with E-state index in [1.165, 1.54) is 29.5 Å². The van der Waals surface area contributed by atoms with Crippen LogP contribution in [0, 0.1) is 0 Å². The summed E-state index contributed by atoms with van der Waals surface area (Å²) in [6, 6.07) is 7.63. The van der Waals surface area contributed by atoms with Crippen LogP contribution in [-0.4, -0.2) is 46.5 Å². The zero-order chi connectivity index (χ0) is 17.6. The molecule has 0 radical (unpaired) electrons. The fraction of sp³-hybridized carbons (Fsp3) is 0.471. The van der Waals surface area contributed by atoms with E-state index < -0.39 is 0 Å². The first-order valence-corrected chi connectivity index (χ1v) is 10.1. The van der Waals surface area contributed by atoms with Crippen molar-refractivity contribution in [1.82, 2.24) is 15.1 Å². The number of likely N-dealkylation sites (tertiary alicyclic amines) is 1. The first kappa shape index (κ1) is 18.0. The van der Waals surface area contributed by atoms with Crippen molar-refractivity contribution in [2.75, 3.05) is 25.5 Å². The maximum Gasteiger partial charge on any atom is 0.235 e. The van der Waals surface area contributed by atoms with Crippen molar-refractivity contribution in [3.05, 3.63) is 24.3 Å². The SMILES string of the molecule is COc1ccc(Nc2nnc(S[C@@H](C)C(=O)N3CCCCC3)s2)cc1. The predicted octanol–water partition coefficient (Wildman–Crippen LogP) is 3.78. The van der Waals surface area contributed by atoms with Crippen molar-refractivity contribution >= 4 is 39.8 Å². The summed E-state index contributed by atoms with van der Waals surface area (Å²) < 4.78 is 5.95. The Kier molecular flexibility index (Phi) is 6.14. The maximum atomic E-state index is 12.5. The molecule has 0 bridgehead atoms. The van der Waals surface area contributed by atoms with Crippen molar-refractivity contribution in [2.45, 2.75) is 35.8 Å². The van der Waals surface area contributed by atoms with Crippen molar-refractivity contribution in [3.63, 3.8) is 0 Å². The summed E-state index contributed by atoms with van der Waals surface area (Å²) in [5.74, 6) is 1.01. The van der Waals surface area contributed by atoms with Gasteiger partial charge in [-0.15, -0.1) is 10.2 Å². The Labute approximate surface area is 156 Å². The van der Waals surface area contributed by atoms with Gasteiger partial charge in [0.2, 0.25) is 11.0 Å². The van der Waals surface area contributed by atoms with Crippen LogP contribution in [0.25, 0.3) is 0 Å². The molecule has 1 fully saturated rings. The lowest BCUT2D eigenvalue weighted by atomic mass is 10.1. The quantitative estimate of drug-likeness (QED) is 0.772. The number of anilines is 2. The standard InChI is InChI=1S/C17H22N4O2S2/c1-12(15(22)21-10-4-3-5-11-21)24-17-20-19-16(25-17)18-13-6-8-14(23-2)9-7-13/h6-9,12H,3-5,10-11H2,1-2H3,(H,18,19)/t12-/m0/s1. The molecule has 2 aromatic rings. The van der Waals surface area contributed by atoms with Gasteiger partial charge in [0.1, 0.15) is 5.75 Å². The number of ether oxygens (including phenoxy) is 1. The number of carbonyl (C=O) groups excluding carboxylic acids is 1. The molecule has 0 unspecified atom stereocenters. The molecule has 1 aromatic carbocycles. The molecule has 0 aliphatic carbocycles. The number of nitrogens with zero attached hydrogens (tertiary/aromatic N) is 3. The molecule has 25 heavy (non-hydrogen) atoms. The number of methoxy groups -OCH3 is 1. The number of benzene rings is 1. The highest BCUT2D eigenvalue weighted by molar-refractivity contribution is 8.02. The van der Waals surface area contributed by atoms with E-state index in [1.54, 1.807) is 7.11 Å².